The van der Waals surface area contributed by atoms with Gasteiger partial charge in [0.2, 0.25) is 0 Å². The van der Waals surface area contributed by atoms with E-state index in [1.54, 1.807) is 0 Å². The second-order valence-electron chi connectivity index (χ2n) is 6.63. The molecule has 0 radical (unpaired) electrons. The van der Waals surface area contributed by atoms with Crippen LogP contribution in [0.2, 0.25) is 0 Å². The molecule has 0 unspecified atom stereocenters. The van der Waals surface area contributed by atoms with E-state index in [-0.39, 0.29) is 6.23 Å². The Hall–Kier alpha value is -2.52. The molecule has 1 aromatic heterocycles. The first-order chi connectivity index (χ1) is 12.2. The monoisotopic (exact) mass is 332 g/mol. The van der Waals surface area contributed by atoms with Gasteiger partial charge >= 0.3 is 0 Å². The minimum absolute atomic E-state index is 0.0152. The van der Waals surface area contributed by atoms with Gasteiger partial charge in [-0.05, 0) is 54.8 Å². The van der Waals surface area contributed by atoms with Gasteiger partial charge in [0.1, 0.15) is 0 Å². The van der Waals surface area contributed by atoms with Crippen LogP contribution >= 0.6 is 0 Å². The molecule has 0 bridgehead atoms. The summed E-state index contributed by atoms with van der Waals surface area (Å²) in [5.41, 5.74) is 6.23. The molecular weight excluding hydrogens is 308 g/mol. The van der Waals surface area contributed by atoms with E-state index in [1.807, 2.05) is 0 Å². The SMILES string of the molecule is CCc1ccc(N2CCO[C@H]2c2ccn(-c3cccc(C)c3)c2)cc1. The molecule has 3 aromatic rings. The lowest BCUT2D eigenvalue weighted by atomic mass is 10.1. The van der Waals surface area contributed by atoms with Gasteiger partial charge in [0, 0.05) is 35.9 Å². The number of nitrogens with zero attached hydrogens (tertiary/aromatic N) is 2. The van der Waals surface area contributed by atoms with Crippen LogP contribution in [0.25, 0.3) is 5.69 Å². The summed E-state index contributed by atoms with van der Waals surface area (Å²) in [5, 5.41) is 0. The van der Waals surface area contributed by atoms with Gasteiger partial charge in [0.05, 0.1) is 6.61 Å². The molecule has 1 atom stereocenters. The van der Waals surface area contributed by atoms with Crippen LogP contribution in [0.15, 0.2) is 67.0 Å². The Morgan fingerprint density at radius 2 is 1.88 bits per heavy atom. The fourth-order valence-corrected chi connectivity index (χ4v) is 3.44. The van der Waals surface area contributed by atoms with Crippen molar-refractivity contribution in [1.29, 1.82) is 0 Å². The summed E-state index contributed by atoms with van der Waals surface area (Å²) in [4.78, 5) is 2.34. The molecule has 1 aliphatic rings. The molecular formula is C22H24N2O. The zero-order chi connectivity index (χ0) is 17.2. The quantitative estimate of drug-likeness (QED) is 0.677. The molecule has 4 rings (SSSR count). The lowest BCUT2D eigenvalue weighted by Gasteiger charge is -2.24. The molecule has 2 aromatic carbocycles. The van der Waals surface area contributed by atoms with Gasteiger partial charge in [-0.2, -0.15) is 0 Å². The van der Waals surface area contributed by atoms with Crippen LogP contribution in [0.5, 0.6) is 0 Å². The summed E-state index contributed by atoms with van der Waals surface area (Å²) >= 11 is 0. The van der Waals surface area contributed by atoms with Crippen molar-refractivity contribution in [2.24, 2.45) is 0 Å². The van der Waals surface area contributed by atoms with E-state index in [0.29, 0.717) is 0 Å². The highest BCUT2D eigenvalue weighted by Crippen LogP contribution is 2.33. The topological polar surface area (TPSA) is 17.4 Å². The number of benzene rings is 2. The van der Waals surface area contributed by atoms with Crippen LogP contribution in [0.1, 0.15) is 29.8 Å². The average Bonchev–Trinajstić information content (AvgIpc) is 3.31. The number of rotatable bonds is 4. The van der Waals surface area contributed by atoms with Crippen LogP contribution in [-0.2, 0) is 11.2 Å². The number of ether oxygens (including phenoxy) is 1. The summed E-state index contributed by atoms with van der Waals surface area (Å²) in [6, 6.07) is 19.5. The van der Waals surface area contributed by atoms with Crippen molar-refractivity contribution in [3.05, 3.63) is 83.7 Å². The van der Waals surface area contributed by atoms with Gasteiger partial charge in [0.25, 0.3) is 0 Å². The highest BCUT2D eigenvalue weighted by molar-refractivity contribution is 5.50. The van der Waals surface area contributed by atoms with Gasteiger partial charge in [-0.15, -0.1) is 0 Å². The molecule has 0 N–H and O–H groups in total. The van der Waals surface area contributed by atoms with Crippen molar-refractivity contribution in [3.63, 3.8) is 0 Å². The van der Waals surface area contributed by atoms with Crippen molar-refractivity contribution in [2.45, 2.75) is 26.5 Å². The fraction of sp³-hybridized carbons (Fsp3) is 0.273. The molecule has 0 aliphatic carbocycles. The molecule has 128 valence electrons. The smallest absolute Gasteiger partial charge is 0.158 e. The Labute approximate surface area is 149 Å². The van der Waals surface area contributed by atoms with Gasteiger partial charge in [0.15, 0.2) is 6.23 Å². The minimum atomic E-state index is -0.0152. The van der Waals surface area contributed by atoms with Crippen molar-refractivity contribution in [2.75, 3.05) is 18.1 Å². The lowest BCUT2D eigenvalue weighted by molar-refractivity contribution is 0.114. The van der Waals surface area contributed by atoms with E-state index in [4.69, 9.17) is 4.74 Å². The lowest BCUT2D eigenvalue weighted by Crippen LogP contribution is -2.22. The normalized spacial score (nSPS) is 17.2. The van der Waals surface area contributed by atoms with Crippen LogP contribution in [0.4, 0.5) is 5.69 Å². The molecule has 1 aliphatic heterocycles. The summed E-state index contributed by atoms with van der Waals surface area (Å²) in [6.45, 7) is 5.99. The van der Waals surface area contributed by atoms with Crippen molar-refractivity contribution >= 4 is 5.69 Å². The second kappa shape index (κ2) is 6.77. The van der Waals surface area contributed by atoms with Gasteiger partial charge in [-0.1, -0.05) is 31.2 Å². The van der Waals surface area contributed by atoms with E-state index in [1.165, 1.54) is 28.1 Å². The van der Waals surface area contributed by atoms with E-state index in [2.05, 4.69) is 90.3 Å². The van der Waals surface area contributed by atoms with Gasteiger partial charge < -0.3 is 14.2 Å². The summed E-state index contributed by atoms with van der Waals surface area (Å²) in [7, 11) is 0. The largest absolute Gasteiger partial charge is 0.352 e. The molecule has 1 fully saturated rings. The predicted molar refractivity (Wildman–Crippen MR) is 102 cm³/mol. The third kappa shape index (κ3) is 3.20. The first-order valence-electron chi connectivity index (χ1n) is 8.97. The molecule has 0 saturated carbocycles. The third-order valence-corrected chi connectivity index (χ3v) is 4.87. The summed E-state index contributed by atoms with van der Waals surface area (Å²) in [5.74, 6) is 0. The Bertz CT molecular complexity index is 850. The molecule has 25 heavy (non-hydrogen) atoms. The van der Waals surface area contributed by atoms with Crippen molar-refractivity contribution in [1.82, 2.24) is 4.57 Å². The molecule has 3 nitrogen and oxygen atoms in total. The molecule has 0 amide bonds. The highest BCUT2D eigenvalue weighted by Gasteiger charge is 2.27. The average molecular weight is 332 g/mol. The zero-order valence-electron chi connectivity index (χ0n) is 14.9. The summed E-state index contributed by atoms with van der Waals surface area (Å²) in [6.07, 6.45) is 5.35. The number of hydrogen-bond acceptors (Lipinski definition) is 2. The van der Waals surface area contributed by atoms with Crippen molar-refractivity contribution in [3.8, 4) is 5.69 Å². The highest BCUT2D eigenvalue weighted by atomic mass is 16.5. The molecule has 0 spiro atoms. The minimum Gasteiger partial charge on any atom is -0.352 e. The van der Waals surface area contributed by atoms with Crippen LogP contribution in [0.3, 0.4) is 0 Å². The molecule has 1 saturated heterocycles. The Balaban J connectivity index is 1.60. The predicted octanol–water partition coefficient (Wildman–Crippen LogP) is 4.88. The molecule has 3 heteroatoms. The van der Waals surface area contributed by atoms with Crippen LogP contribution < -0.4 is 4.90 Å². The number of anilines is 1. The summed E-state index contributed by atoms with van der Waals surface area (Å²) < 4.78 is 8.22. The Kier molecular flexibility index (Phi) is 4.33. The zero-order valence-corrected chi connectivity index (χ0v) is 14.9. The van der Waals surface area contributed by atoms with Crippen LogP contribution in [-0.4, -0.2) is 17.7 Å². The van der Waals surface area contributed by atoms with Crippen LogP contribution in [0, 0.1) is 6.92 Å². The maximum atomic E-state index is 6.05. The van der Waals surface area contributed by atoms with Gasteiger partial charge in [-0.25, -0.2) is 0 Å². The van der Waals surface area contributed by atoms with Gasteiger partial charge in [-0.3, -0.25) is 0 Å². The number of aryl methyl sites for hydroxylation is 2. The number of aromatic nitrogens is 1. The Morgan fingerprint density at radius 1 is 1.04 bits per heavy atom. The maximum absolute atomic E-state index is 6.05. The third-order valence-electron chi connectivity index (χ3n) is 4.87. The van der Waals surface area contributed by atoms with Crippen molar-refractivity contribution < 1.29 is 4.74 Å². The first-order valence-corrected chi connectivity index (χ1v) is 8.97. The van der Waals surface area contributed by atoms with E-state index >= 15 is 0 Å². The van der Waals surface area contributed by atoms with E-state index in [0.717, 1.165) is 19.6 Å². The first kappa shape index (κ1) is 16.0. The second-order valence-corrected chi connectivity index (χ2v) is 6.63. The Morgan fingerprint density at radius 3 is 2.64 bits per heavy atom. The maximum Gasteiger partial charge on any atom is 0.158 e. The standard InChI is InChI=1S/C22H24N2O/c1-3-18-7-9-20(10-8-18)24-13-14-25-22(24)19-11-12-23(16-19)21-6-4-5-17(2)15-21/h4-12,15-16,22H,3,13-14H2,1-2H3/t22-/m0/s1. The van der Waals surface area contributed by atoms with E-state index in [9.17, 15) is 0 Å². The fourth-order valence-electron chi connectivity index (χ4n) is 3.44. The molecule has 2 heterocycles. The van der Waals surface area contributed by atoms with E-state index < -0.39 is 0 Å². The number of hydrogen-bond donors (Lipinski definition) is 0.